The number of ether oxygens (including phenoxy) is 1. The predicted molar refractivity (Wildman–Crippen MR) is 187 cm³/mol. The zero-order valence-corrected chi connectivity index (χ0v) is 26.5. The summed E-state index contributed by atoms with van der Waals surface area (Å²) < 4.78 is 5.74. The molecule has 0 aliphatic heterocycles. The molecule has 8 heteroatoms. The van der Waals surface area contributed by atoms with Crippen LogP contribution in [0.25, 0.3) is 16.8 Å². The minimum Gasteiger partial charge on any atom is -0.493 e. The second kappa shape index (κ2) is 15.6. The Morgan fingerprint density at radius 2 is 1.46 bits per heavy atom. The minimum atomic E-state index is -0.501. The highest BCUT2D eigenvalue weighted by Crippen LogP contribution is 2.29. The average Bonchev–Trinajstić information content (AvgIpc) is 3.08. The van der Waals surface area contributed by atoms with E-state index in [4.69, 9.17) is 4.74 Å². The van der Waals surface area contributed by atoms with E-state index in [1.807, 2.05) is 105 Å². The smallest absolute Gasteiger partial charge is 0.272 e. The van der Waals surface area contributed by atoms with Crippen LogP contribution in [0.1, 0.15) is 36.2 Å². The molecule has 5 rings (SSSR count). The van der Waals surface area contributed by atoms with Crippen molar-refractivity contribution in [3.63, 3.8) is 0 Å². The Hall–Kier alpha value is -5.34. The van der Waals surface area contributed by atoms with Crippen molar-refractivity contribution < 1.29 is 19.1 Å². The Balaban J connectivity index is 1.32. The molecule has 46 heavy (non-hydrogen) atoms. The van der Waals surface area contributed by atoms with Crippen molar-refractivity contribution in [1.82, 2.24) is 5.32 Å². The largest absolute Gasteiger partial charge is 0.493 e. The van der Waals surface area contributed by atoms with E-state index in [0.29, 0.717) is 35.6 Å². The van der Waals surface area contributed by atoms with Crippen LogP contribution in [0.5, 0.6) is 5.75 Å². The van der Waals surface area contributed by atoms with Gasteiger partial charge in [-0.1, -0.05) is 79.7 Å². The molecular weight excluding hydrogens is 595 g/mol. The molecule has 1 atom stereocenters. The van der Waals surface area contributed by atoms with Gasteiger partial charge in [-0.2, -0.15) is 0 Å². The van der Waals surface area contributed by atoms with Crippen LogP contribution >= 0.6 is 11.8 Å². The van der Waals surface area contributed by atoms with E-state index in [-0.39, 0.29) is 16.9 Å². The fourth-order valence-corrected chi connectivity index (χ4v) is 5.82. The van der Waals surface area contributed by atoms with Crippen LogP contribution in [0.3, 0.4) is 0 Å². The first-order chi connectivity index (χ1) is 22.4. The zero-order valence-electron chi connectivity index (χ0n) is 25.7. The topological polar surface area (TPSA) is 96.5 Å². The number of hydrogen-bond acceptors (Lipinski definition) is 5. The Morgan fingerprint density at radius 3 is 2.24 bits per heavy atom. The van der Waals surface area contributed by atoms with Crippen molar-refractivity contribution in [1.29, 1.82) is 0 Å². The molecule has 0 bridgehead atoms. The average molecular weight is 630 g/mol. The molecule has 0 radical (unpaired) electrons. The lowest BCUT2D eigenvalue weighted by Gasteiger charge is -2.16. The Labute approximate surface area is 273 Å². The van der Waals surface area contributed by atoms with Crippen LogP contribution in [0.15, 0.2) is 132 Å². The van der Waals surface area contributed by atoms with E-state index in [9.17, 15) is 14.4 Å². The van der Waals surface area contributed by atoms with E-state index >= 15 is 0 Å². The Bertz CT molecular complexity index is 1870. The lowest BCUT2D eigenvalue weighted by Crippen LogP contribution is -2.30. The molecule has 7 nitrogen and oxygen atoms in total. The third-order valence-corrected chi connectivity index (χ3v) is 8.46. The van der Waals surface area contributed by atoms with Gasteiger partial charge in [-0.05, 0) is 78.7 Å². The first-order valence-corrected chi connectivity index (χ1v) is 16.0. The van der Waals surface area contributed by atoms with Crippen LogP contribution in [-0.2, 0) is 9.59 Å². The molecule has 3 N–H and O–H groups in total. The molecule has 0 spiro atoms. The SMILES string of the molecule is CCOc1ccccc1/C=C(/NC(=O)c1ccccc1)C(=O)Nc1cccc(SC(CC)C(=O)Nc2ccc3ccccc3c2)c1. The van der Waals surface area contributed by atoms with Crippen LogP contribution in [-0.4, -0.2) is 29.6 Å². The van der Waals surface area contributed by atoms with Gasteiger partial charge in [-0.3, -0.25) is 14.4 Å². The summed E-state index contributed by atoms with van der Waals surface area (Å²) in [4.78, 5) is 40.8. The van der Waals surface area contributed by atoms with E-state index in [2.05, 4.69) is 16.0 Å². The molecule has 0 aliphatic carbocycles. The Morgan fingerprint density at radius 1 is 0.739 bits per heavy atom. The van der Waals surface area contributed by atoms with Crippen molar-refractivity contribution in [2.24, 2.45) is 0 Å². The lowest BCUT2D eigenvalue weighted by molar-refractivity contribution is -0.116. The van der Waals surface area contributed by atoms with Crippen LogP contribution in [0.4, 0.5) is 11.4 Å². The second-order valence-corrected chi connectivity index (χ2v) is 11.7. The highest BCUT2D eigenvalue weighted by molar-refractivity contribution is 8.00. The maximum Gasteiger partial charge on any atom is 0.272 e. The van der Waals surface area contributed by atoms with E-state index < -0.39 is 11.8 Å². The molecule has 0 heterocycles. The number of carbonyl (C=O) groups excluding carboxylic acids is 3. The van der Waals surface area contributed by atoms with Gasteiger partial charge in [-0.25, -0.2) is 0 Å². The van der Waals surface area contributed by atoms with Crippen LogP contribution in [0, 0.1) is 0 Å². The number of para-hydroxylation sites is 1. The van der Waals surface area contributed by atoms with Crippen molar-refractivity contribution >= 4 is 57.7 Å². The summed E-state index contributed by atoms with van der Waals surface area (Å²) in [6.45, 7) is 4.30. The molecule has 0 saturated heterocycles. The van der Waals surface area contributed by atoms with Gasteiger partial charge < -0.3 is 20.7 Å². The molecule has 1 unspecified atom stereocenters. The summed E-state index contributed by atoms with van der Waals surface area (Å²) in [5.74, 6) is -0.420. The number of benzene rings is 5. The van der Waals surface area contributed by atoms with E-state index in [0.717, 1.165) is 21.4 Å². The molecule has 0 fully saturated rings. The van der Waals surface area contributed by atoms with Gasteiger partial charge in [0.05, 0.1) is 11.9 Å². The lowest BCUT2D eigenvalue weighted by atomic mass is 10.1. The van der Waals surface area contributed by atoms with Gasteiger partial charge in [0.1, 0.15) is 11.4 Å². The van der Waals surface area contributed by atoms with Gasteiger partial charge in [0.15, 0.2) is 0 Å². The van der Waals surface area contributed by atoms with Crippen LogP contribution in [0.2, 0.25) is 0 Å². The molecule has 0 saturated carbocycles. The summed E-state index contributed by atoms with van der Waals surface area (Å²) in [6, 6.07) is 37.2. The molecule has 5 aromatic carbocycles. The molecule has 0 aromatic heterocycles. The monoisotopic (exact) mass is 629 g/mol. The number of fused-ring (bicyclic) bond motifs is 1. The summed E-state index contributed by atoms with van der Waals surface area (Å²) in [6.07, 6.45) is 2.21. The highest BCUT2D eigenvalue weighted by Gasteiger charge is 2.20. The third-order valence-electron chi connectivity index (χ3n) is 7.10. The molecular formula is C38H35N3O4S. The first-order valence-electron chi connectivity index (χ1n) is 15.1. The zero-order chi connectivity index (χ0) is 32.3. The van der Waals surface area contributed by atoms with Crippen LogP contribution < -0.4 is 20.7 Å². The predicted octanol–water partition coefficient (Wildman–Crippen LogP) is 8.16. The van der Waals surface area contributed by atoms with Crippen molar-refractivity contribution in [2.45, 2.75) is 30.4 Å². The second-order valence-electron chi connectivity index (χ2n) is 10.4. The number of thioether (sulfide) groups is 1. The van der Waals surface area contributed by atoms with Gasteiger partial charge in [-0.15, -0.1) is 11.8 Å². The highest BCUT2D eigenvalue weighted by atomic mass is 32.2. The number of amides is 3. The van der Waals surface area contributed by atoms with Gasteiger partial charge in [0.25, 0.3) is 11.8 Å². The number of nitrogens with one attached hydrogen (secondary N) is 3. The molecule has 5 aromatic rings. The fraction of sp³-hybridized carbons (Fsp3) is 0.132. The van der Waals surface area contributed by atoms with Gasteiger partial charge in [0, 0.05) is 27.4 Å². The quantitative estimate of drug-likeness (QED) is 0.0956. The third kappa shape index (κ3) is 8.43. The molecule has 232 valence electrons. The van der Waals surface area contributed by atoms with Gasteiger partial charge in [0.2, 0.25) is 5.91 Å². The maximum atomic E-state index is 13.6. The molecule has 3 amide bonds. The number of anilines is 2. The summed E-state index contributed by atoms with van der Waals surface area (Å²) in [5, 5.41) is 10.5. The Kier molecular flexibility index (Phi) is 10.9. The molecule has 0 aliphatic rings. The number of hydrogen-bond donors (Lipinski definition) is 3. The summed E-state index contributed by atoms with van der Waals surface area (Å²) in [5.41, 5.74) is 2.39. The number of rotatable bonds is 12. The van der Waals surface area contributed by atoms with Crippen molar-refractivity contribution in [3.05, 3.63) is 138 Å². The fourth-order valence-electron chi connectivity index (χ4n) is 4.81. The maximum absolute atomic E-state index is 13.6. The summed E-state index contributed by atoms with van der Waals surface area (Å²) in [7, 11) is 0. The van der Waals surface area contributed by atoms with E-state index in [1.165, 1.54) is 11.8 Å². The minimum absolute atomic E-state index is 0.0558. The summed E-state index contributed by atoms with van der Waals surface area (Å²) >= 11 is 1.42. The van der Waals surface area contributed by atoms with Crippen molar-refractivity contribution in [2.75, 3.05) is 17.2 Å². The number of carbonyl (C=O) groups is 3. The standard InChI is InChI=1S/C38H35N3O4S/c1-3-35(38(44)40-31-22-21-26-13-8-9-16-28(26)23-31)46-32-19-12-18-30(25-32)39-37(43)33(41-36(42)27-14-6-5-7-15-27)24-29-17-10-11-20-34(29)45-4-2/h5-25,35H,3-4H2,1-2H3,(H,39,43)(H,40,44)(H,41,42)/b33-24+. The first kappa shape index (κ1) is 32.1. The van der Waals surface area contributed by atoms with Gasteiger partial charge >= 0.3 is 0 Å². The van der Waals surface area contributed by atoms with Crippen molar-refractivity contribution in [3.8, 4) is 5.75 Å². The van der Waals surface area contributed by atoms with E-state index in [1.54, 1.807) is 36.4 Å². The normalized spacial score (nSPS) is 11.8.